The van der Waals surface area contributed by atoms with Crippen molar-refractivity contribution in [2.45, 2.75) is 6.92 Å². The average molecular weight is 304 g/mol. The van der Waals surface area contributed by atoms with E-state index in [1.54, 1.807) is 0 Å². The molecule has 0 aliphatic heterocycles. The normalized spacial score (nSPS) is 11.2. The second kappa shape index (κ2) is 5.79. The number of para-hydroxylation sites is 2. The van der Waals surface area contributed by atoms with Crippen LogP contribution in [-0.4, -0.2) is 19.2 Å². The minimum absolute atomic E-state index is 0.715. The fourth-order valence-corrected chi connectivity index (χ4v) is 2.44. The maximum Gasteiger partial charge on any atom is 0.261 e. The van der Waals surface area contributed by atoms with Crippen molar-refractivity contribution < 1.29 is 17.5 Å². The maximum absolute atomic E-state index is 9.19. The van der Waals surface area contributed by atoms with Gasteiger partial charge < -0.3 is 0 Å². The van der Waals surface area contributed by atoms with Gasteiger partial charge in [0, 0.05) is 22.9 Å². The summed E-state index contributed by atoms with van der Waals surface area (Å²) in [6.07, 6.45) is 0.715. The van der Waals surface area contributed by atoms with Crippen molar-refractivity contribution in [3.05, 3.63) is 54.1 Å². The standard InChI is InChI=1S/C15H14N.CH4O3S/c1-11-12-7-3-5-9-14(12)16(2)15-10-6-4-8-13(11)15;1-5(2,3)4/h3-10H,1-2H3;1H3,(H,2,3,4)/q+1;. The highest BCUT2D eigenvalue weighted by atomic mass is 32.2. The van der Waals surface area contributed by atoms with Crippen LogP contribution < -0.4 is 4.57 Å². The Kier molecular flexibility index (Phi) is 4.25. The van der Waals surface area contributed by atoms with Crippen molar-refractivity contribution in [2.75, 3.05) is 6.26 Å². The minimum atomic E-state index is -3.67. The van der Waals surface area contributed by atoms with Gasteiger partial charge in [0.15, 0.2) is 0 Å². The first-order chi connectivity index (χ1) is 9.79. The molecule has 0 bridgehead atoms. The van der Waals surface area contributed by atoms with Gasteiger partial charge >= 0.3 is 0 Å². The number of pyridine rings is 1. The van der Waals surface area contributed by atoms with Crippen LogP contribution in [-0.2, 0) is 17.2 Å². The first-order valence-corrected chi connectivity index (χ1v) is 8.32. The Morgan fingerprint density at radius 1 is 0.905 bits per heavy atom. The van der Waals surface area contributed by atoms with Gasteiger partial charge in [-0.15, -0.1) is 0 Å². The van der Waals surface area contributed by atoms with Crippen LogP contribution in [0.3, 0.4) is 0 Å². The fraction of sp³-hybridized carbons (Fsp3) is 0.188. The zero-order valence-corrected chi connectivity index (χ0v) is 13.1. The lowest BCUT2D eigenvalue weighted by Crippen LogP contribution is -2.30. The third-order valence-corrected chi connectivity index (χ3v) is 3.34. The number of rotatable bonds is 0. The molecular formula is C16H18NO3S+. The average Bonchev–Trinajstić information content (AvgIpc) is 2.43. The van der Waals surface area contributed by atoms with E-state index in [1.807, 2.05) is 0 Å². The van der Waals surface area contributed by atoms with Crippen molar-refractivity contribution in [3.63, 3.8) is 0 Å². The second-order valence-corrected chi connectivity index (χ2v) is 6.42. The second-order valence-electron chi connectivity index (χ2n) is 4.95. The molecule has 110 valence electrons. The Labute approximate surface area is 124 Å². The molecule has 0 saturated heterocycles. The SMILES string of the molecule is CS(=O)(=O)O.Cc1c2ccccc2[n+](C)c2ccccc12. The Hall–Kier alpha value is -1.98. The van der Waals surface area contributed by atoms with E-state index < -0.39 is 10.1 Å². The van der Waals surface area contributed by atoms with Crippen LogP contribution >= 0.6 is 0 Å². The highest BCUT2D eigenvalue weighted by molar-refractivity contribution is 7.85. The van der Waals surface area contributed by atoms with Gasteiger partial charge in [-0.2, -0.15) is 13.0 Å². The summed E-state index contributed by atoms with van der Waals surface area (Å²) >= 11 is 0. The molecule has 21 heavy (non-hydrogen) atoms. The Morgan fingerprint density at radius 3 is 1.62 bits per heavy atom. The number of fused-ring (bicyclic) bond motifs is 2. The lowest BCUT2D eigenvalue weighted by Gasteiger charge is -2.05. The topological polar surface area (TPSA) is 58.3 Å². The molecule has 0 radical (unpaired) electrons. The number of benzene rings is 2. The summed E-state index contributed by atoms with van der Waals surface area (Å²) in [4.78, 5) is 0. The maximum atomic E-state index is 9.19. The highest BCUT2D eigenvalue weighted by Gasteiger charge is 2.13. The number of hydrogen-bond donors (Lipinski definition) is 1. The van der Waals surface area contributed by atoms with E-state index >= 15 is 0 Å². The Morgan fingerprint density at radius 2 is 1.24 bits per heavy atom. The summed E-state index contributed by atoms with van der Waals surface area (Å²) in [7, 11) is -1.54. The van der Waals surface area contributed by atoms with Crippen molar-refractivity contribution in [1.29, 1.82) is 0 Å². The molecule has 1 N–H and O–H groups in total. The van der Waals surface area contributed by atoms with Crippen LogP contribution in [0.15, 0.2) is 48.5 Å². The van der Waals surface area contributed by atoms with E-state index in [0.717, 1.165) is 0 Å². The van der Waals surface area contributed by atoms with E-state index in [2.05, 4.69) is 67.1 Å². The van der Waals surface area contributed by atoms with Gasteiger partial charge in [-0.25, -0.2) is 0 Å². The molecule has 5 heteroatoms. The molecule has 1 aromatic heterocycles. The molecule has 3 rings (SSSR count). The first-order valence-electron chi connectivity index (χ1n) is 6.47. The Balaban J connectivity index is 0.000000282. The summed E-state index contributed by atoms with van der Waals surface area (Å²) < 4.78 is 28.1. The lowest BCUT2D eigenvalue weighted by molar-refractivity contribution is -0.617. The van der Waals surface area contributed by atoms with Crippen LogP contribution in [0.25, 0.3) is 21.8 Å². The van der Waals surface area contributed by atoms with Crippen LogP contribution in [0, 0.1) is 6.92 Å². The molecule has 0 spiro atoms. The molecule has 1 heterocycles. The van der Waals surface area contributed by atoms with E-state index in [9.17, 15) is 8.42 Å². The highest BCUT2D eigenvalue weighted by Crippen LogP contribution is 2.22. The van der Waals surface area contributed by atoms with Crippen molar-refractivity contribution >= 4 is 31.9 Å². The van der Waals surface area contributed by atoms with Gasteiger partial charge in [-0.05, 0) is 24.6 Å². The van der Waals surface area contributed by atoms with Gasteiger partial charge in [0.2, 0.25) is 11.0 Å². The molecular weight excluding hydrogens is 286 g/mol. The number of nitrogens with zero attached hydrogens (tertiary/aromatic N) is 1. The van der Waals surface area contributed by atoms with Crippen molar-refractivity contribution in [1.82, 2.24) is 0 Å². The van der Waals surface area contributed by atoms with Crippen LogP contribution in [0.1, 0.15) is 5.56 Å². The molecule has 0 atom stereocenters. The third-order valence-electron chi connectivity index (χ3n) is 3.34. The van der Waals surface area contributed by atoms with E-state index in [-0.39, 0.29) is 0 Å². The quantitative estimate of drug-likeness (QED) is 0.394. The smallest absolute Gasteiger partial charge is 0.261 e. The summed E-state index contributed by atoms with van der Waals surface area (Å²) in [5, 5.41) is 2.67. The zero-order valence-electron chi connectivity index (χ0n) is 12.2. The van der Waals surface area contributed by atoms with E-state index in [0.29, 0.717) is 6.26 Å². The minimum Gasteiger partial charge on any atom is -0.286 e. The number of aryl methyl sites for hydroxylation is 2. The lowest BCUT2D eigenvalue weighted by atomic mass is 10.0. The summed E-state index contributed by atoms with van der Waals surface area (Å²) in [6.45, 7) is 2.20. The molecule has 2 aromatic carbocycles. The van der Waals surface area contributed by atoms with Crippen LogP contribution in [0.2, 0.25) is 0 Å². The molecule has 0 amide bonds. The van der Waals surface area contributed by atoms with Crippen molar-refractivity contribution in [2.24, 2.45) is 7.05 Å². The molecule has 0 saturated carbocycles. The van der Waals surface area contributed by atoms with Gasteiger partial charge in [0.1, 0.15) is 7.05 Å². The predicted octanol–water partition coefficient (Wildman–Crippen LogP) is 2.63. The number of aromatic nitrogens is 1. The van der Waals surface area contributed by atoms with Gasteiger partial charge in [-0.3, -0.25) is 4.55 Å². The van der Waals surface area contributed by atoms with Crippen LogP contribution in [0.5, 0.6) is 0 Å². The molecule has 0 aliphatic carbocycles. The molecule has 0 fully saturated rings. The monoisotopic (exact) mass is 304 g/mol. The summed E-state index contributed by atoms with van der Waals surface area (Å²) in [6, 6.07) is 17.1. The van der Waals surface area contributed by atoms with E-state index in [4.69, 9.17) is 4.55 Å². The molecule has 0 unspecified atom stereocenters. The third kappa shape index (κ3) is 3.56. The first kappa shape index (κ1) is 15.4. The van der Waals surface area contributed by atoms with Gasteiger partial charge in [0.05, 0.1) is 6.26 Å². The molecule has 3 aromatic rings. The summed E-state index contributed by atoms with van der Waals surface area (Å²) in [5.41, 5.74) is 3.95. The summed E-state index contributed by atoms with van der Waals surface area (Å²) in [5.74, 6) is 0. The zero-order chi connectivity index (χ0) is 15.6. The predicted molar refractivity (Wildman–Crippen MR) is 84.8 cm³/mol. The molecule has 4 nitrogen and oxygen atoms in total. The Bertz CT molecular complexity index is 777. The fourth-order valence-electron chi connectivity index (χ4n) is 2.44. The van der Waals surface area contributed by atoms with Crippen molar-refractivity contribution in [3.8, 4) is 0 Å². The largest absolute Gasteiger partial charge is 0.286 e. The number of hydrogen-bond acceptors (Lipinski definition) is 2. The van der Waals surface area contributed by atoms with Gasteiger partial charge in [0.25, 0.3) is 10.1 Å². The van der Waals surface area contributed by atoms with E-state index in [1.165, 1.54) is 27.4 Å². The molecule has 0 aliphatic rings. The van der Waals surface area contributed by atoms with Crippen LogP contribution in [0.4, 0.5) is 0 Å². The van der Waals surface area contributed by atoms with Gasteiger partial charge in [-0.1, -0.05) is 24.3 Å².